The van der Waals surface area contributed by atoms with Crippen molar-refractivity contribution in [3.8, 4) is 0 Å². The molecule has 152 valence electrons. The maximum absolute atomic E-state index is 13.3. The number of hydrogen-bond donors (Lipinski definition) is 3. The van der Waals surface area contributed by atoms with Crippen LogP contribution in [0.2, 0.25) is 0 Å². The van der Waals surface area contributed by atoms with Gasteiger partial charge < -0.3 is 15.7 Å². The van der Waals surface area contributed by atoms with Gasteiger partial charge in [0.25, 0.3) is 0 Å². The second kappa shape index (κ2) is 8.41. The molecule has 0 bridgehead atoms. The number of ketones is 1. The number of benzene rings is 1. The fraction of sp³-hybridized carbons (Fsp3) is 0.571. The Morgan fingerprint density at radius 2 is 2.18 bits per heavy atom. The minimum atomic E-state index is -1.16. The summed E-state index contributed by atoms with van der Waals surface area (Å²) in [6, 6.07) is 6.81. The quantitative estimate of drug-likeness (QED) is 0.602. The highest BCUT2D eigenvalue weighted by Crippen LogP contribution is 2.46. The summed E-state index contributed by atoms with van der Waals surface area (Å²) in [4.78, 5) is 40.0. The van der Waals surface area contributed by atoms with Crippen LogP contribution in [0.25, 0.3) is 0 Å². The van der Waals surface area contributed by atoms with Crippen LogP contribution in [0.15, 0.2) is 24.3 Å². The molecule has 7 heteroatoms. The molecular formula is C21H29N3O4. The summed E-state index contributed by atoms with van der Waals surface area (Å²) in [5.74, 6) is -0.571. The number of Topliss-reactive ketones (excluding diaryl/α,β-unsaturated/α-hetero) is 1. The molecule has 4 atom stereocenters. The van der Waals surface area contributed by atoms with E-state index in [9.17, 15) is 19.5 Å². The van der Waals surface area contributed by atoms with Crippen LogP contribution in [0.5, 0.6) is 0 Å². The zero-order chi connectivity index (χ0) is 20.3. The Morgan fingerprint density at radius 3 is 2.86 bits per heavy atom. The lowest BCUT2D eigenvalue weighted by Gasteiger charge is -2.53. The van der Waals surface area contributed by atoms with Crippen molar-refractivity contribution in [2.24, 2.45) is 0 Å². The number of fused-ring (bicyclic) bond motifs is 3. The second-order valence-electron chi connectivity index (χ2n) is 7.84. The predicted molar refractivity (Wildman–Crippen MR) is 105 cm³/mol. The Kier molecular flexibility index (Phi) is 6.15. The average Bonchev–Trinajstić information content (AvgIpc) is 2.70. The van der Waals surface area contributed by atoms with Crippen LogP contribution in [-0.4, -0.2) is 65.4 Å². The number of piperidine rings is 1. The number of carbonyl (C=O) groups is 3. The molecule has 1 aromatic rings. The van der Waals surface area contributed by atoms with E-state index in [1.165, 1.54) is 0 Å². The van der Waals surface area contributed by atoms with Crippen LogP contribution < -0.4 is 10.6 Å². The molecule has 2 amide bonds. The Morgan fingerprint density at radius 1 is 1.43 bits per heavy atom. The van der Waals surface area contributed by atoms with Crippen molar-refractivity contribution in [2.45, 2.75) is 56.7 Å². The molecule has 28 heavy (non-hydrogen) atoms. The maximum atomic E-state index is 13.3. The van der Waals surface area contributed by atoms with Crippen LogP contribution in [0.3, 0.4) is 0 Å². The van der Waals surface area contributed by atoms with Gasteiger partial charge in [0.2, 0.25) is 12.3 Å². The van der Waals surface area contributed by atoms with E-state index in [2.05, 4.69) is 22.5 Å². The number of hydrogen-bond acceptors (Lipinski definition) is 5. The number of aliphatic hydroxyl groups excluding tert-OH is 1. The standard InChI is InChI=1S/C21H29N3O4/c1-3-9-24-10-8-21(22-13-26,20(28)23-14(2)12-25)19-16-7-5-4-6-15(16)18(27)11-17(19)24/h4-7,13-14,17,19,25H,3,8-12H2,1-2H3,(H,22,26)(H,23,28). The largest absolute Gasteiger partial charge is 0.394 e. The third-order valence-corrected chi connectivity index (χ3v) is 6.05. The van der Waals surface area contributed by atoms with E-state index in [0.717, 1.165) is 18.5 Å². The predicted octanol–water partition coefficient (Wildman–Crippen LogP) is 0.823. The van der Waals surface area contributed by atoms with Crippen molar-refractivity contribution < 1.29 is 19.5 Å². The van der Waals surface area contributed by atoms with E-state index in [-0.39, 0.29) is 30.3 Å². The minimum Gasteiger partial charge on any atom is -0.394 e. The lowest BCUT2D eigenvalue weighted by molar-refractivity contribution is -0.136. The molecule has 7 nitrogen and oxygen atoms in total. The number of carbonyl (C=O) groups excluding carboxylic acids is 3. The number of aliphatic hydroxyl groups is 1. The van der Waals surface area contributed by atoms with Crippen molar-refractivity contribution >= 4 is 18.1 Å². The highest BCUT2D eigenvalue weighted by Gasteiger charge is 2.56. The first-order valence-electron chi connectivity index (χ1n) is 9.97. The maximum Gasteiger partial charge on any atom is 0.246 e. The summed E-state index contributed by atoms with van der Waals surface area (Å²) >= 11 is 0. The van der Waals surface area contributed by atoms with Gasteiger partial charge in [0.1, 0.15) is 5.54 Å². The highest BCUT2D eigenvalue weighted by molar-refractivity contribution is 6.01. The molecule has 1 aromatic carbocycles. The van der Waals surface area contributed by atoms with Crippen LogP contribution in [0.4, 0.5) is 0 Å². The SMILES string of the molecule is CCCN1CCC(NC=O)(C(=O)NC(C)CO)C2c3ccccc3C(=O)CC21. The molecule has 0 aromatic heterocycles. The van der Waals surface area contributed by atoms with Crippen molar-refractivity contribution in [3.05, 3.63) is 35.4 Å². The number of rotatable bonds is 7. The second-order valence-corrected chi connectivity index (χ2v) is 7.84. The van der Waals surface area contributed by atoms with Crippen molar-refractivity contribution in [2.75, 3.05) is 19.7 Å². The van der Waals surface area contributed by atoms with E-state index in [1.807, 2.05) is 18.2 Å². The molecule has 0 radical (unpaired) electrons. The molecule has 1 aliphatic carbocycles. The lowest BCUT2D eigenvalue weighted by Crippen LogP contribution is -2.70. The third kappa shape index (κ3) is 3.44. The summed E-state index contributed by atoms with van der Waals surface area (Å²) in [6.07, 6.45) is 2.29. The molecule has 1 aliphatic heterocycles. The summed E-state index contributed by atoms with van der Waals surface area (Å²) in [5.41, 5.74) is 0.282. The van der Waals surface area contributed by atoms with Gasteiger partial charge in [0.15, 0.2) is 5.78 Å². The smallest absolute Gasteiger partial charge is 0.246 e. The molecule has 0 spiro atoms. The van der Waals surface area contributed by atoms with Gasteiger partial charge >= 0.3 is 0 Å². The molecule has 1 saturated heterocycles. The third-order valence-electron chi connectivity index (χ3n) is 6.05. The first-order chi connectivity index (χ1) is 13.5. The molecule has 1 heterocycles. The van der Waals surface area contributed by atoms with Gasteiger partial charge in [-0.15, -0.1) is 0 Å². The Balaban J connectivity index is 2.12. The van der Waals surface area contributed by atoms with Gasteiger partial charge in [-0.2, -0.15) is 0 Å². The minimum absolute atomic E-state index is 0.0731. The van der Waals surface area contributed by atoms with E-state index in [0.29, 0.717) is 31.4 Å². The van der Waals surface area contributed by atoms with E-state index < -0.39 is 11.6 Å². The molecule has 3 N–H and O–H groups in total. The fourth-order valence-corrected chi connectivity index (χ4v) is 4.77. The first-order valence-corrected chi connectivity index (χ1v) is 9.97. The van der Waals surface area contributed by atoms with Gasteiger partial charge in [-0.1, -0.05) is 31.2 Å². The topological polar surface area (TPSA) is 98.7 Å². The van der Waals surface area contributed by atoms with Crippen LogP contribution in [0, 0.1) is 0 Å². The average molecular weight is 387 g/mol. The Bertz CT molecular complexity index is 753. The van der Waals surface area contributed by atoms with E-state index >= 15 is 0 Å². The zero-order valence-electron chi connectivity index (χ0n) is 16.5. The van der Waals surface area contributed by atoms with Crippen molar-refractivity contribution in [3.63, 3.8) is 0 Å². The van der Waals surface area contributed by atoms with Crippen LogP contribution in [0.1, 0.15) is 54.9 Å². The van der Waals surface area contributed by atoms with E-state index in [4.69, 9.17) is 0 Å². The highest BCUT2D eigenvalue weighted by atomic mass is 16.3. The van der Waals surface area contributed by atoms with Gasteiger partial charge in [0.05, 0.1) is 6.61 Å². The summed E-state index contributed by atoms with van der Waals surface area (Å²) in [6.45, 7) is 5.08. The fourth-order valence-electron chi connectivity index (χ4n) is 4.77. The molecule has 4 unspecified atom stereocenters. The Hall–Kier alpha value is -2.25. The van der Waals surface area contributed by atoms with Gasteiger partial charge in [-0.3, -0.25) is 19.3 Å². The molecule has 0 saturated carbocycles. The summed E-state index contributed by atoms with van der Waals surface area (Å²) < 4.78 is 0. The van der Waals surface area contributed by atoms with Crippen molar-refractivity contribution in [1.29, 1.82) is 0 Å². The summed E-state index contributed by atoms with van der Waals surface area (Å²) in [5, 5.41) is 15.0. The zero-order valence-corrected chi connectivity index (χ0v) is 16.5. The van der Waals surface area contributed by atoms with Crippen LogP contribution >= 0.6 is 0 Å². The molecule has 2 aliphatic rings. The van der Waals surface area contributed by atoms with Crippen LogP contribution in [-0.2, 0) is 9.59 Å². The summed E-state index contributed by atoms with van der Waals surface area (Å²) in [7, 11) is 0. The number of amides is 2. The lowest BCUT2D eigenvalue weighted by atomic mass is 9.63. The molecule has 1 fully saturated rings. The Labute approximate surface area is 165 Å². The molecule has 3 rings (SSSR count). The number of nitrogens with one attached hydrogen (secondary N) is 2. The van der Waals surface area contributed by atoms with Gasteiger partial charge in [-0.25, -0.2) is 0 Å². The number of nitrogens with zero attached hydrogens (tertiary/aromatic N) is 1. The van der Waals surface area contributed by atoms with E-state index in [1.54, 1.807) is 13.0 Å². The normalized spacial score (nSPS) is 28.0. The van der Waals surface area contributed by atoms with Gasteiger partial charge in [-0.05, 0) is 31.9 Å². The molecular weight excluding hydrogens is 358 g/mol. The monoisotopic (exact) mass is 387 g/mol. The van der Waals surface area contributed by atoms with Gasteiger partial charge in [0, 0.05) is 36.5 Å². The van der Waals surface area contributed by atoms with Crippen molar-refractivity contribution in [1.82, 2.24) is 15.5 Å². The number of likely N-dealkylation sites (tertiary alicyclic amines) is 1. The first kappa shape index (κ1) is 20.5.